The molecule has 0 aromatic carbocycles. The van der Waals surface area contributed by atoms with Crippen molar-refractivity contribution in [1.82, 2.24) is 9.97 Å². The number of rotatable bonds is 3. The van der Waals surface area contributed by atoms with Crippen molar-refractivity contribution in [2.45, 2.75) is 25.7 Å². The van der Waals surface area contributed by atoms with Gasteiger partial charge in [0.25, 0.3) is 0 Å². The van der Waals surface area contributed by atoms with E-state index >= 15 is 0 Å². The molecule has 0 spiro atoms. The lowest BCUT2D eigenvalue weighted by atomic mass is 9.79. The molecular formula is C12H13Cl2N3O3. The number of hydrogen-bond donors (Lipinski definition) is 2. The molecule has 1 aliphatic rings. The van der Waals surface area contributed by atoms with Gasteiger partial charge in [0.15, 0.2) is 0 Å². The van der Waals surface area contributed by atoms with Gasteiger partial charge in [0.1, 0.15) is 11.0 Å². The SMILES string of the molecule is O=C(O)C1CCCCC1C(=O)Nc1cc(Cl)nc(Cl)n1. The van der Waals surface area contributed by atoms with Gasteiger partial charge in [0.05, 0.1) is 11.8 Å². The summed E-state index contributed by atoms with van der Waals surface area (Å²) in [5.41, 5.74) is 0. The Morgan fingerprint density at radius 2 is 1.85 bits per heavy atom. The van der Waals surface area contributed by atoms with Crippen LogP contribution >= 0.6 is 23.2 Å². The summed E-state index contributed by atoms with van der Waals surface area (Å²) < 4.78 is 0. The summed E-state index contributed by atoms with van der Waals surface area (Å²) >= 11 is 11.4. The molecule has 1 fully saturated rings. The van der Waals surface area contributed by atoms with Crippen LogP contribution in [0.3, 0.4) is 0 Å². The zero-order valence-corrected chi connectivity index (χ0v) is 12.0. The van der Waals surface area contributed by atoms with Crippen molar-refractivity contribution in [3.8, 4) is 0 Å². The highest BCUT2D eigenvalue weighted by atomic mass is 35.5. The smallest absolute Gasteiger partial charge is 0.307 e. The molecule has 2 atom stereocenters. The van der Waals surface area contributed by atoms with Crippen LogP contribution in [0.2, 0.25) is 10.4 Å². The molecule has 1 aliphatic carbocycles. The second kappa shape index (κ2) is 6.37. The molecule has 1 aromatic heterocycles. The summed E-state index contributed by atoms with van der Waals surface area (Å²) in [7, 11) is 0. The lowest BCUT2D eigenvalue weighted by Crippen LogP contribution is -2.36. The maximum atomic E-state index is 12.2. The molecule has 2 N–H and O–H groups in total. The Kier molecular flexibility index (Phi) is 4.77. The molecule has 0 saturated heterocycles. The first-order chi connectivity index (χ1) is 9.47. The molecule has 1 saturated carbocycles. The Morgan fingerprint density at radius 3 is 2.45 bits per heavy atom. The van der Waals surface area contributed by atoms with Crippen LogP contribution in [-0.4, -0.2) is 27.0 Å². The number of nitrogens with one attached hydrogen (secondary N) is 1. The van der Waals surface area contributed by atoms with Gasteiger partial charge >= 0.3 is 5.97 Å². The standard InChI is InChI=1S/C12H13Cl2N3O3/c13-8-5-9(17-12(14)15-8)16-10(18)6-3-1-2-4-7(6)11(19)20/h5-7H,1-4H2,(H,19,20)(H,15,16,17,18). The Balaban J connectivity index is 2.11. The van der Waals surface area contributed by atoms with E-state index in [9.17, 15) is 9.59 Å². The Labute approximate surface area is 125 Å². The third-order valence-corrected chi connectivity index (χ3v) is 3.70. The van der Waals surface area contributed by atoms with Gasteiger partial charge in [-0.25, -0.2) is 9.97 Å². The van der Waals surface area contributed by atoms with E-state index in [0.29, 0.717) is 12.8 Å². The van der Waals surface area contributed by atoms with Crippen LogP contribution in [0.5, 0.6) is 0 Å². The van der Waals surface area contributed by atoms with Gasteiger partial charge in [0, 0.05) is 6.07 Å². The third-order valence-electron chi connectivity index (χ3n) is 3.34. The van der Waals surface area contributed by atoms with Gasteiger partial charge < -0.3 is 10.4 Å². The minimum atomic E-state index is -0.941. The number of hydrogen-bond acceptors (Lipinski definition) is 4. The molecule has 2 unspecified atom stereocenters. The highest BCUT2D eigenvalue weighted by Crippen LogP contribution is 2.31. The second-order valence-electron chi connectivity index (χ2n) is 4.67. The number of aromatic nitrogens is 2. The summed E-state index contributed by atoms with van der Waals surface area (Å²) in [4.78, 5) is 30.9. The molecular weight excluding hydrogens is 305 g/mol. The van der Waals surface area contributed by atoms with Crippen LogP contribution in [0.25, 0.3) is 0 Å². The van der Waals surface area contributed by atoms with Gasteiger partial charge in [-0.3, -0.25) is 9.59 Å². The lowest BCUT2D eigenvalue weighted by molar-refractivity contribution is -0.147. The number of carbonyl (C=O) groups is 2. The summed E-state index contributed by atoms with van der Waals surface area (Å²) in [6.45, 7) is 0. The Morgan fingerprint density at radius 1 is 1.20 bits per heavy atom. The third kappa shape index (κ3) is 3.58. The molecule has 108 valence electrons. The van der Waals surface area contributed by atoms with E-state index in [4.69, 9.17) is 28.3 Å². The first-order valence-electron chi connectivity index (χ1n) is 6.21. The predicted octanol–water partition coefficient (Wildman–Crippen LogP) is 2.61. The van der Waals surface area contributed by atoms with Crippen LogP contribution in [0.15, 0.2) is 6.07 Å². The number of carbonyl (C=O) groups excluding carboxylic acids is 1. The molecule has 1 amide bonds. The fourth-order valence-corrected chi connectivity index (χ4v) is 2.82. The summed E-state index contributed by atoms with van der Waals surface area (Å²) in [6.07, 6.45) is 2.73. The average Bonchev–Trinajstić information content (AvgIpc) is 2.37. The van der Waals surface area contributed by atoms with Crippen LogP contribution in [0.4, 0.5) is 5.82 Å². The minimum Gasteiger partial charge on any atom is -0.481 e. The zero-order valence-electron chi connectivity index (χ0n) is 10.5. The molecule has 1 heterocycles. The fraction of sp³-hybridized carbons (Fsp3) is 0.500. The number of nitrogens with zero attached hydrogens (tertiary/aromatic N) is 2. The maximum absolute atomic E-state index is 12.2. The first-order valence-corrected chi connectivity index (χ1v) is 6.96. The Hall–Kier alpha value is -1.40. The van der Waals surface area contributed by atoms with Crippen LogP contribution in [0, 0.1) is 11.8 Å². The van der Waals surface area contributed by atoms with Gasteiger partial charge in [-0.05, 0) is 24.4 Å². The highest BCUT2D eigenvalue weighted by Gasteiger charge is 2.35. The van der Waals surface area contributed by atoms with Gasteiger partial charge in [0.2, 0.25) is 11.2 Å². The zero-order chi connectivity index (χ0) is 14.7. The second-order valence-corrected chi connectivity index (χ2v) is 5.40. The number of amides is 1. The molecule has 6 nitrogen and oxygen atoms in total. The normalized spacial score (nSPS) is 22.3. The van der Waals surface area contributed by atoms with E-state index in [-0.39, 0.29) is 22.2 Å². The van der Waals surface area contributed by atoms with Crippen molar-refractivity contribution >= 4 is 40.9 Å². The quantitative estimate of drug-likeness (QED) is 0.660. The summed E-state index contributed by atoms with van der Waals surface area (Å²) in [6, 6.07) is 1.37. The minimum absolute atomic E-state index is 0.0776. The van der Waals surface area contributed by atoms with E-state index in [1.54, 1.807) is 0 Å². The fourth-order valence-electron chi connectivity index (χ4n) is 2.41. The number of carboxylic acid groups (broad SMARTS) is 1. The predicted molar refractivity (Wildman–Crippen MR) is 73.8 cm³/mol. The molecule has 20 heavy (non-hydrogen) atoms. The summed E-state index contributed by atoms with van der Waals surface area (Å²) in [5, 5.41) is 11.8. The summed E-state index contributed by atoms with van der Waals surface area (Å²) in [5.74, 6) is -2.36. The maximum Gasteiger partial charge on any atom is 0.307 e. The molecule has 0 radical (unpaired) electrons. The van der Waals surface area contributed by atoms with Crippen molar-refractivity contribution in [2.24, 2.45) is 11.8 Å². The van der Waals surface area contributed by atoms with E-state index in [2.05, 4.69) is 15.3 Å². The molecule has 0 bridgehead atoms. The van der Waals surface area contributed by atoms with Gasteiger partial charge in [-0.2, -0.15) is 0 Å². The van der Waals surface area contributed by atoms with E-state index in [1.807, 2.05) is 0 Å². The van der Waals surface area contributed by atoms with Crippen LogP contribution in [-0.2, 0) is 9.59 Å². The topological polar surface area (TPSA) is 92.2 Å². The van der Waals surface area contributed by atoms with Crippen molar-refractivity contribution in [3.63, 3.8) is 0 Å². The molecule has 8 heteroatoms. The monoisotopic (exact) mass is 317 g/mol. The first kappa shape index (κ1) is 15.0. The van der Waals surface area contributed by atoms with E-state index in [1.165, 1.54) is 6.07 Å². The van der Waals surface area contributed by atoms with Crippen LogP contribution < -0.4 is 5.32 Å². The number of anilines is 1. The molecule has 1 aromatic rings. The largest absolute Gasteiger partial charge is 0.481 e. The number of carboxylic acids is 1. The van der Waals surface area contributed by atoms with E-state index in [0.717, 1.165) is 12.8 Å². The van der Waals surface area contributed by atoms with Crippen LogP contribution in [0.1, 0.15) is 25.7 Å². The van der Waals surface area contributed by atoms with Crippen molar-refractivity contribution in [3.05, 3.63) is 16.5 Å². The Bertz CT molecular complexity index is 518. The number of halogens is 2. The number of aliphatic carboxylic acids is 1. The van der Waals surface area contributed by atoms with Gasteiger partial charge in [-0.15, -0.1) is 0 Å². The highest BCUT2D eigenvalue weighted by molar-refractivity contribution is 6.32. The molecule has 0 aliphatic heterocycles. The van der Waals surface area contributed by atoms with Crippen molar-refractivity contribution in [1.29, 1.82) is 0 Å². The molecule has 2 rings (SSSR count). The van der Waals surface area contributed by atoms with Gasteiger partial charge in [-0.1, -0.05) is 24.4 Å². The van der Waals surface area contributed by atoms with Crippen molar-refractivity contribution in [2.75, 3.05) is 5.32 Å². The lowest BCUT2D eigenvalue weighted by Gasteiger charge is -2.27. The van der Waals surface area contributed by atoms with Crippen molar-refractivity contribution < 1.29 is 14.7 Å². The van der Waals surface area contributed by atoms with E-state index < -0.39 is 17.8 Å². The average molecular weight is 318 g/mol.